The third-order valence-corrected chi connectivity index (χ3v) is 4.95. The fourth-order valence-electron chi connectivity index (χ4n) is 3.34. The molecule has 1 aromatic carbocycles. The van der Waals surface area contributed by atoms with E-state index in [9.17, 15) is 4.39 Å². The molecule has 3 atom stereocenters. The van der Waals surface area contributed by atoms with Crippen LogP contribution >= 0.6 is 28.1 Å². The minimum absolute atomic E-state index is 0.300. The topological polar surface area (TPSA) is 24.1 Å². The molecule has 0 radical (unpaired) electrons. The first-order valence-electron chi connectivity index (χ1n) is 6.64. The molecule has 2 aliphatic rings. The first kappa shape index (κ1) is 13.3. The van der Waals surface area contributed by atoms with Gasteiger partial charge in [0.05, 0.1) is 5.69 Å². The van der Waals surface area contributed by atoms with Gasteiger partial charge in [-0.2, -0.15) is 0 Å². The van der Waals surface area contributed by atoms with Crippen molar-refractivity contribution in [2.24, 2.45) is 11.8 Å². The summed E-state index contributed by atoms with van der Waals surface area (Å²) in [4.78, 5) is 0. The summed E-state index contributed by atoms with van der Waals surface area (Å²) in [5.74, 6) is 1.32. The molecule has 102 valence electrons. The summed E-state index contributed by atoms with van der Waals surface area (Å²) in [5, 5.41) is 6.82. The number of nitrogens with one attached hydrogen (secondary N) is 2. The molecule has 2 nitrogen and oxygen atoms in total. The Bertz CT molecular complexity index is 508. The zero-order valence-electron chi connectivity index (χ0n) is 10.5. The van der Waals surface area contributed by atoms with E-state index in [4.69, 9.17) is 12.2 Å². The van der Waals surface area contributed by atoms with Crippen molar-refractivity contribution in [1.29, 1.82) is 0 Å². The molecule has 0 heterocycles. The second-order valence-electron chi connectivity index (χ2n) is 5.50. The van der Waals surface area contributed by atoms with Crippen LogP contribution in [0.15, 0.2) is 22.7 Å². The summed E-state index contributed by atoms with van der Waals surface area (Å²) in [6.45, 7) is 0. The van der Waals surface area contributed by atoms with Gasteiger partial charge < -0.3 is 10.6 Å². The van der Waals surface area contributed by atoms with E-state index >= 15 is 0 Å². The van der Waals surface area contributed by atoms with Crippen LogP contribution in [0.2, 0.25) is 0 Å². The number of fused-ring (bicyclic) bond motifs is 2. The Labute approximate surface area is 126 Å². The van der Waals surface area contributed by atoms with E-state index in [1.165, 1.54) is 31.7 Å². The number of benzene rings is 1. The van der Waals surface area contributed by atoms with E-state index in [0.29, 0.717) is 16.8 Å². The lowest BCUT2D eigenvalue weighted by Gasteiger charge is -2.24. The van der Waals surface area contributed by atoms with Gasteiger partial charge in [-0.1, -0.05) is 22.4 Å². The Hall–Kier alpha value is -0.680. The number of hydrogen-bond donors (Lipinski definition) is 2. The fraction of sp³-hybridized carbons (Fsp3) is 0.500. The number of anilines is 1. The lowest BCUT2D eigenvalue weighted by molar-refractivity contribution is 0.391. The fourth-order valence-corrected chi connectivity index (χ4v) is 3.93. The highest BCUT2D eigenvalue weighted by Gasteiger charge is 2.39. The molecule has 0 amide bonds. The lowest BCUT2D eigenvalue weighted by Crippen LogP contribution is -2.40. The minimum Gasteiger partial charge on any atom is -0.359 e. The highest BCUT2D eigenvalue weighted by Crippen LogP contribution is 2.44. The molecule has 2 fully saturated rings. The average Bonchev–Trinajstić information content (AvgIpc) is 2.95. The van der Waals surface area contributed by atoms with Gasteiger partial charge in [-0.15, -0.1) is 0 Å². The predicted octanol–water partition coefficient (Wildman–Crippen LogP) is 4.06. The van der Waals surface area contributed by atoms with Crippen LogP contribution in [0, 0.1) is 17.7 Å². The molecule has 1 aromatic rings. The van der Waals surface area contributed by atoms with Crippen molar-refractivity contribution in [2.75, 3.05) is 5.32 Å². The third-order valence-electron chi connectivity index (χ3n) is 4.23. The molecule has 0 spiro atoms. The molecule has 0 aromatic heterocycles. The molecule has 19 heavy (non-hydrogen) atoms. The summed E-state index contributed by atoms with van der Waals surface area (Å²) in [5.41, 5.74) is 0.420. The van der Waals surface area contributed by atoms with Gasteiger partial charge in [-0.25, -0.2) is 4.39 Å². The van der Waals surface area contributed by atoms with Crippen LogP contribution in [0.3, 0.4) is 0 Å². The maximum atomic E-state index is 13.7. The van der Waals surface area contributed by atoms with E-state index in [1.807, 2.05) is 0 Å². The van der Waals surface area contributed by atoms with E-state index in [2.05, 4.69) is 26.6 Å². The second-order valence-corrected chi connectivity index (χ2v) is 6.83. The first-order chi connectivity index (χ1) is 9.11. The normalized spacial score (nSPS) is 28.4. The minimum atomic E-state index is -0.300. The second kappa shape index (κ2) is 5.37. The number of thiocarbonyl (C=S) groups is 1. The maximum absolute atomic E-state index is 13.7. The molecule has 2 N–H and O–H groups in total. The first-order valence-corrected chi connectivity index (χ1v) is 7.84. The summed E-state index contributed by atoms with van der Waals surface area (Å²) in [6.07, 6.45) is 5.20. The monoisotopic (exact) mass is 342 g/mol. The molecule has 0 aliphatic heterocycles. The Morgan fingerprint density at radius 1 is 1.32 bits per heavy atom. The lowest BCUT2D eigenvalue weighted by atomic mass is 9.96. The van der Waals surface area contributed by atoms with Crippen molar-refractivity contribution in [1.82, 2.24) is 5.32 Å². The van der Waals surface area contributed by atoms with E-state index in [1.54, 1.807) is 12.1 Å². The van der Waals surface area contributed by atoms with Crippen molar-refractivity contribution >= 4 is 38.9 Å². The predicted molar refractivity (Wildman–Crippen MR) is 82.7 cm³/mol. The maximum Gasteiger partial charge on any atom is 0.171 e. The number of hydrogen-bond acceptors (Lipinski definition) is 1. The van der Waals surface area contributed by atoms with Crippen LogP contribution in [0.1, 0.15) is 25.7 Å². The Kier molecular flexibility index (Phi) is 3.76. The summed E-state index contributed by atoms with van der Waals surface area (Å²) < 4.78 is 14.4. The van der Waals surface area contributed by atoms with E-state index in [0.717, 1.165) is 16.3 Å². The van der Waals surface area contributed by atoms with Gasteiger partial charge in [-0.05, 0) is 61.5 Å². The van der Waals surface area contributed by atoms with Gasteiger partial charge >= 0.3 is 0 Å². The number of rotatable bonds is 2. The largest absolute Gasteiger partial charge is 0.359 e. The van der Waals surface area contributed by atoms with Gasteiger partial charge in [0.25, 0.3) is 0 Å². The van der Waals surface area contributed by atoms with Gasteiger partial charge in [0.1, 0.15) is 5.82 Å². The molecule has 2 aliphatic carbocycles. The molecule has 0 saturated heterocycles. The molecular weight excluding hydrogens is 327 g/mol. The van der Waals surface area contributed by atoms with Crippen LogP contribution in [-0.2, 0) is 0 Å². The van der Waals surface area contributed by atoms with Gasteiger partial charge in [0.15, 0.2) is 5.11 Å². The third kappa shape index (κ3) is 2.92. The summed E-state index contributed by atoms with van der Waals surface area (Å²) in [7, 11) is 0. The Balaban J connectivity index is 1.59. The van der Waals surface area contributed by atoms with E-state index < -0.39 is 0 Å². The Morgan fingerprint density at radius 2 is 2.16 bits per heavy atom. The molecule has 3 rings (SSSR count). The molecule has 0 unspecified atom stereocenters. The molecule has 2 saturated carbocycles. The molecule has 5 heteroatoms. The van der Waals surface area contributed by atoms with Crippen molar-refractivity contribution < 1.29 is 4.39 Å². The van der Waals surface area contributed by atoms with E-state index in [-0.39, 0.29) is 5.82 Å². The molecular formula is C14H16BrFN2S. The van der Waals surface area contributed by atoms with Crippen LogP contribution in [0.5, 0.6) is 0 Å². The van der Waals surface area contributed by atoms with Crippen molar-refractivity contribution in [3.8, 4) is 0 Å². The van der Waals surface area contributed by atoms with Crippen LogP contribution in [0.25, 0.3) is 0 Å². The van der Waals surface area contributed by atoms with Crippen molar-refractivity contribution in [3.05, 3.63) is 28.5 Å². The smallest absolute Gasteiger partial charge is 0.171 e. The average molecular weight is 343 g/mol. The van der Waals surface area contributed by atoms with Crippen LogP contribution in [0.4, 0.5) is 10.1 Å². The Morgan fingerprint density at radius 3 is 2.79 bits per heavy atom. The highest BCUT2D eigenvalue weighted by atomic mass is 79.9. The van der Waals surface area contributed by atoms with Gasteiger partial charge in [0, 0.05) is 10.5 Å². The van der Waals surface area contributed by atoms with Crippen LogP contribution in [-0.4, -0.2) is 11.2 Å². The standard InChI is InChI=1S/C14H16BrFN2S/c15-10-3-4-12(11(16)7-10)17-14(19)18-13-6-8-1-2-9(13)5-8/h3-4,7-9,13H,1-2,5-6H2,(H2,17,18,19)/t8-,9-,13-/m0/s1. The van der Waals surface area contributed by atoms with Gasteiger partial charge in [0.2, 0.25) is 0 Å². The van der Waals surface area contributed by atoms with Crippen molar-refractivity contribution in [3.63, 3.8) is 0 Å². The van der Waals surface area contributed by atoms with Crippen molar-refractivity contribution in [2.45, 2.75) is 31.7 Å². The quantitative estimate of drug-likeness (QED) is 0.792. The zero-order valence-corrected chi connectivity index (χ0v) is 12.9. The summed E-state index contributed by atoms with van der Waals surface area (Å²) >= 11 is 8.52. The highest BCUT2D eigenvalue weighted by molar-refractivity contribution is 9.10. The van der Waals surface area contributed by atoms with Gasteiger partial charge in [-0.3, -0.25) is 0 Å². The van der Waals surface area contributed by atoms with Crippen LogP contribution < -0.4 is 10.6 Å². The summed E-state index contributed by atoms with van der Waals surface area (Å²) in [6, 6.07) is 5.39. The SMILES string of the molecule is Fc1cc(Br)ccc1NC(=S)N[C@H]1C[C@H]2CC[C@H]1C2. The number of halogens is 2. The zero-order chi connectivity index (χ0) is 13.4. The molecule has 2 bridgehead atoms.